The first-order chi connectivity index (χ1) is 24.2. The van der Waals surface area contributed by atoms with Crippen molar-refractivity contribution in [1.29, 1.82) is 10.5 Å². The molecule has 2 aromatic heterocycles. The summed E-state index contributed by atoms with van der Waals surface area (Å²) in [6.07, 6.45) is 4.56. The number of anilines is 2. The number of benzene rings is 6. The van der Waals surface area contributed by atoms with Crippen molar-refractivity contribution in [2.75, 3.05) is 4.90 Å². The molecule has 0 radical (unpaired) electrons. The molecule has 2 atom stereocenters. The fraction of sp³-hybridized carbons (Fsp3) is 0.0455. The highest BCUT2D eigenvalue weighted by atomic mass is 16.3. The summed E-state index contributed by atoms with van der Waals surface area (Å²) in [6.45, 7) is 0. The van der Waals surface area contributed by atoms with E-state index in [1.165, 1.54) is 5.56 Å². The second-order valence-corrected chi connectivity index (χ2v) is 12.7. The SMILES string of the molecule is N#Cc1ccc(-c2ccc3c(c2)C2C=Cc4c(oc5ccccc45)C2N3c2ccccc2)c(-n2c3ccccc3c3cc(C#N)ccc32)c1. The van der Waals surface area contributed by atoms with E-state index in [-0.39, 0.29) is 12.0 Å². The number of rotatable bonds is 3. The van der Waals surface area contributed by atoms with Crippen molar-refractivity contribution in [1.82, 2.24) is 4.57 Å². The second kappa shape index (κ2) is 10.3. The van der Waals surface area contributed by atoms with Gasteiger partial charge in [0.05, 0.1) is 40.0 Å². The number of nitrogens with zero attached hydrogens (tertiary/aromatic N) is 4. The monoisotopic (exact) mass is 626 g/mol. The minimum Gasteiger partial charge on any atom is -0.458 e. The summed E-state index contributed by atoms with van der Waals surface area (Å²) in [6, 6.07) is 50.2. The zero-order valence-electron chi connectivity index (χ0n) is 26.2. The highest BCUT2D eigenvalue weighted by molar-refractivity contribution is 6.10. The number of para-hydroxylation sites is 3. The summed E-state index contributed by atoms with van der Waals surface area (Å²) in [4.78, 5) is 2.42. The van der Waals surface area contributed by atoms with Crippen molar-refractivity contribution >= 4 is 50.2 Å². The van der Waals surface area contributed by atoms with Crippen molar-refractivity contribution in [2.24, 2.45) is 0 Å². The Morgan fingerprint density at radius 1 is 0.612 bits per heavy atom. The van der Waals surface area contributed by atoms with E-state index in [9.17, 15) is 10.5 Å². The van der Waals surface area contributed by atoms with E-state index in [1.807, 2.05) is 54.6 Å². The van der Waals surface area contributed by atoms with Gasteiger partial charge in [0.25, 0.3) is 0 Å². The molecule has 5 nitrogen and oxygen atoms in total. The average molecular weight is 627 g/mol. The van der Waals surface area contributed by atoms with Crippen molar-refractivity contribution in [3.05, 3.63) is 168 Å². The van der Waals surface area contributed by atoms with Gasteiger partial charge in [-0.25, -0.2) is 0 Å². The van der Waals surface area contributed by atoms with Crippen molar-refractivity contribution in [3.8, 4) is 29.0 Å². The molecule has 3 heterocycles. The summed E-state index contributed by atoms with van der Waals surface area (Å²) in [5.41, 5.74) is 11.8. The topological polar surface area (TPSA) is 68.9 Å². The predicted molar refractivity (Wildman–Crippen MR) is 195 cm³/mol. The van der Waals surface area contributed by atoms with E-state index in [4.69, 9.17) is 4.42 Å². The van der Waals surface area contributed by atoms with Gasteiger partial charge in [0.1, 0.15) is 17.4 Å². The first kappa shape index (κ1) is 27.3. The van der Waals surface area contributed by atoms with E-state index >= 15 is 0 Å². The maximum Gasteiger partial charge on any atom is 0.136 e. The van der Waals surface area contributed by atoms with Gasteiger partial charge in [0.2, 0.25) is 0 Å². The molecule has 1 aliphatic carbocycles. The minimum atomic E-state index is -0.0350. The van der Waals surface area contributed by atoms with Gasteiger partial charge in [-0.1, -0.05) is 78.9 Å². The molecule has 0 saturated heterocycles. The highest BCUT2D eigenvalue weighted by Gasteiger charge is 2.44. The molecule has 10 rings (SSSR count). The Balaban J connectivity index is 1.20. The molecule has 0 spiro atoms. The number of furan rings is 1. The number of hydrogen-bond donors (Lipinski definition) is 0. The molecule has 0 bridgehead atoms. The summed E-state index contributed by atoms with van der Waals surface area (Å²) < 4.78 is 8.88. The van der Waals surface area contributed by atoms with Crippen LogP contribution < -0.4 is 4.90 Å². The fourth-order valence-electron chi connectivity index (χ4n) is 8.07. The third kappa shape index (κ3) is 3.91. The maximum atomic E-state index is 10.0. The normalized spacial score (nSPS) is 16.0. The van der Waals surface area contributed by atoms with Crippen LogP contribution in [0.2, 0.25) is 0 Å². The Hall–Kier alpha value is -6.82. The maximum absolute atomic E-state index is 10.0. The number of hydrogen-bond acceptors (Lipinski definition) is 4. The lowest BCUT2D eigenvalue weighted by atomic mass is 9.85. The number of fused-ring (bicyclic) bond motifs is 10. The van der Waals surface area contributed by atoms with Crippen LogP contribution in [0.25, 0.3) is 55.7 Å². The van der Waals surface area contributed by atoms with E-state index < -0.39 is 0 Å². The van der Waals surface area contributed by atoms with Gasteiger partial charge >= 0.3 is 0 Å². The molecule has 0 saturated carbocycles. The van der Waals surface area contributed by atoms with Crippen LogP contribution in [0.3, 0.4) is 0 Å². The molecule has 2 unspecified atom stereocenters. The predicted octanol–water partition coefficient (Wildman–Crippen LogP) is 10.9. The molecule has 5 heteroatoms. The Kier molecular flexibility index (Phi) is 5.76. The zero-order chi connectivity index (χ0) is 32.6. The zero-order valence-corrected chi connectivity index (χ0v) is 26.2. The summed E-state index contributed by atoms with van der Waals surface area (Å²) in [7, 11) is 0. The van der Waals surface area contributed by atoms with Crippen LogP contribution in [-0.2, 0) is 0 Å². The van der Waals surface area contributed by atoms with Crippen LogP contribution in [-0.4, -0.2) is 4.57 Å². The van der Waals surface area contributed by atoms with Crippen molar-refractivity contribution < 1.29 is 4.42 Å². The largest absolute Gasteiger partial charge is 0.458 e. The lowest BCUT2D eigenvalue weighted by Crippen LogP contribution is -2.23. The molecular weight excluding hydrogens is 601 g/mol. The van der Waals surface area contributed by atoms with Gasteiger partial charge in [-0.15, -0.1) is 0 Å². The van der Waals surface area contributed by atoms with Gasteiger partial charge in [-0.3, -0.25) is 0 Å². The third-order valence-electron chi connectivity index (χ3n) is 10.2. The van der Waals surface area contributed by atoms with E-state index in [0.29, 0.717) is 11.1 Å². The van der Waals surface area contributed by atoms with Crippen molar-refractivity contribution in [3.63, 3.8) is 0 Å². The van der Waals surface area contributed by atoms with Gasteiger partial charge in [0.15, 0.2) is 0 Å². The quantitative estimate of drug-likeness (QED) is 0.196. The number of nitriles is 2. The van der Waals surface area contributed by atoms with Gasteiger partial charge in [-0.2, -0.15) is 10.5 Å². The van der Waals surface area contributed by atoms with Crippen LogP contribution in [0, 0.1) is 22.7 Å². The van der Waals surface area contributed by atoms with Crippen LogP contribution in [0.5, 0.6) is 0 Å². The third-order valence-corrected chi connectivity index (χ3v) is 10.2. The summed E-state index contributed by atoms with van der Waals surface area (Å²) in [5.74, 6) is 1.05. The van der Waals surface area contributed by atoms with E-state index in [2.05, 4.69) is 113 Å². The molecule has 228 valence electrons. The average Bonchev–Trinajstić information content (AvgIpc) is 3.82. The highest BCUT2D eigenvalue weighted by Crippen LogP contribution is 2.57. The van der Waals surface area contributed by atoms with Crippen molar-refractivity contribution in [2.45, 2.75) is 12.0 Å². The molecule has 0 amide bonds. The van der Waals surface area contributed by atoms with Gasteiger partial charge in [-0.05, 0) is 77.9 Å². The molecule has 1 aliphatic heterocycles. The standard InChI is InChI=1S/C44H26N4O/c45-25-27-15-20-40-36(22-27)32-10-4-6-12-38(32)48(40)41-23-28(26-46)14-17-31(41)29-16-21-39-37(24-29)34-18-19-35-33-11-5-7-13-42(33)49-44(35)43(34)47(39)30-8-2-1-3-9-30/h1-24,34,43H. The molecular formula is C44H26N4O. The fourth-order valence-corrected chi connectivity index (χ4v) is 8.07. The van der Waals surface area contributed by atoms with Crippen LogP contribution in [0.1, 0.15) is 40.0 Å². The molecule has 2 aliphatic rings. The van der Waals surface area contributed by atoms with Crippen LogP contribution in [0.4, 0.5) is 11.4 Å². The van der Waals surface area contributed by atoms with Crippen LogP contribution >= 0.6 is 0 Å². The Bertz CT molecular complexity index is 2770. The molecule has 8 aromatic rings. The Morgan fingerprint density at radius 3 is 2.20 bits per heavy atom. The van der Waals surface area contributed by atoms with Crippen LogP contribution in [0.15, 0.2) is 144 Å². The molecule has 0 N–H and O–H groups in total. The van der Waals surface area contributed by atoms with Gasteiger partial charge in [0, 0.05) is 44.6 Å². The lowest BCUT2D eigenvalue weighted by molar-refractivity contribution is 0.478. The first-order valence-electron chi connectivity index (χ1n) is 16.4. The van der Waals surface area contributed by atoms with E-state index in [0.717, 1.165) is 72.3 Å². The molecule has 49 heavy (non-hydrogen) atoms. The minimum absolute atomic E-state index is 0.0350. The summed E-state index contributed by atoms with van der Waals surface area (Å²) in [5, 5.41) is 22.9. The first-order valence-corrected chi connectivity index (χ1v) is 16.4. The Morgan fingerprint density at radius 2 is 1.35 bits per heavy atom. The second-order valence-electron chi connectivity index (χ2n) is 12.7. The molecule has 0 fully saturated rings. The van der Waals surface area contributed by atoms with Gasteiger partial charge < -0.3 is 13.9 Å². The summed E-state index contributed by atoms with van der Waals surface area (Å²) >= 11 is 0. The number of aromatic nitrogens is 1. The van der Waals surface area contributed by atoms with E-state index in [1.54, 1.807) is 0 Å². The Labute approximate surface area is 282 Å². The lowest BCUT2D eigenvalue weighted by Gasteiger charge is -2.30. The smallest absolute Gasteiger partial charge is 0.136 e. The molecule has 6 aromatic carbocycles.